The van der Waals surface area contributed by atoms with Crippen LogP contribution >= 0.6 is 22.7 Å². The lowest BCUT2D eigenvalue weighted by atomic mass is 10.1. The van der Waals surface area contributed by atoms with E-state index >= 15 is 0 Å². The molecule has 1 unspecified atom stereocenters. The van der Waals surface area contributed by atoms with Crippen LogP contribution in [0.5, 0.6) is 0 Å². The normalized spacial score (nSPS) is 12.9. The molecule has 0 spiro atoms. The van der Waals surface area contributed by atoms with Crippen molar-refractivity contribution in [2.24, 2.45) is 0 Å². The van der Waals surface area contributed by atoms with Crippen molar-refractivity contribution in [3.05, 3.63) is 58.4 Å². The number of fused-ring (bicyclic) bond motifs is 3. The highest BCUT2D eigenvalue weighted by Crippen LogP contribution is 2.28. The van der Waals surface area contributed by atoms with E-state index in [9.17, 15) is 4.79 Å². The van der Waals surface area contributed by atoms with Crippen LogP contribution in [0.4, 0.5) is 0 Å². The quantitative estimate of drug-likeness (QED) is 0.553. The Kier molecular flexibility index (Phi) is 4.76. The Morgan fingerprint density at radius 2 is 2.12 bits per heavy atom. The first kappa shape index (κ1) is 17.2. The fraction of sp³-hybridized carbons (Fsp3) is 0.263. The second kappa shape index (κ2) is 7.19. The first-order valence-electron chi connectivity index (χ1n) is 8.45. The Labute approximate surface area is 159 Å². The molecule has 0 aliphatic rings. The molecule has 3 heterocycles. The first-order chi connectivity index (χ1) is 12.6. The van der Waals surface area contributed by atoms with Gasteiger partial charge in [-0.15, -0.1) is 22.7 Å². The topological polar surface area (TPSA) is 49.6 Å². The molecule has 1 atom stereocenters. The van der Waals surface area contributed by atoms with Gasteiger partial charge < -0.3 is 10.2 Å². The number of amides is 1. The second-order valence-corrected chi connectivity index (χ2v) is 8.39. The molecule has 4 rings (SSSR count). The molecule has 0 bridgehead atoms. The van der Waals surface area contributed by atoms with Crippen molar-refractivity contribution in [1.29, 1.82) is 0 Å². The number of nitrogens with one attached hydrogen (secondary N) is 1. The van der Waals surface area contributed by atoms with Crippen LogP contribution in [-0.4, -0.2) is 46.9 Å². The van der Waals surface area contributed by atoms with E-state index in [0.717, 1.165) is 21.7 Å². The largest absolute Gasteiger partial charge is 0.350 e. The summed E-state index contributed by atoms with van der Waals surface area (Å²) in [5.74, 6) is -0.0307. The number of rotatable bonds is 6. The smallest absolute Gasteiger partial charge is 0.261 e. The molecule has 26 heavy (non-hydrogen) atoms. The molecule has 4 aromatic rings. The number of aromatic nitrogens is 2. The Bertz CT molecular complexity index is 1030. The van der Waals surface area contributed by atoms with Crippen LogP contribution < -0.4 is 5.32 Å². The van der Waals surface area contributed by atoms with Gasteiger partial charge in [0.2, 0.25) is 0 Å². The standard InChI is InChI=1S/C19H20N4OS2/c1-22(2)14(10-13-6-4-3-5-7-13)12-20-17(24)16-11-15-18(26-16)21-19-23(15)8-9-25-19/h3-9,11,14H,10,12H2,1-2H3,(H,20,24). The van der Waals surface area contributed by atoms with Crippen molar-refractivity contribution in [2.75, 3.05) is 20.6 Å². The van der Waals surface area contributed by atoms with E-state index in [1.165, 1.54) is 16.9 Å². The van der Waals surface area contributed by atoms with E-state index < -0.39 is 0 Å². The van der Waals surface area contributed by atoms with Crippen LogP contribution in [0.25, 0.3) is 15.3 Å². The van der Waals surface area contributed by atoms with Gasteiger partial charge in [-0.05, 0) is 32.1 Å². The van der Waals surface area contributed by atoms with Gasteiger partial charge >= 0.3 is 0 Å². The third kappa shape index (κ3) is 3.38. The summed E-state index contributed by atoms with van der Waals surface area (Å²) in [7, 11) is 4.10. The van der Waals surface area contributed by atoms with Crippen LogP contribution in [0, 0.1) is 0 Å². The van der Waals surface area contributed by atoms with Gasteiger partial charge in [0.1, 0.15) is 4.83 Å². The van der Waals surface area contributed by atoms with Gasteiger partial charge in [0, 0.05) is 24.2 Å². The van der Waals surface area contributed by atoms with Crippen LogP contribution in [0.3, 0.4) is 0 Å². The van der Waals surface area contributed by atoms with Crippen molar-refractivity contribution in [3.63, 3.8) is 0 Å². The van der Waals surface area contributed by atoms with Gasteiger partial charge in [0.15, 0.2) is 4.96 Å². The number of imidazole rings is 1. The molecule has 7 heteroatoms. The van der Waals surface area contributed by atoms with E-state index in [1.54, 1.807) is 11.3 Å². The number of hydrogen-bond acceptors (Lipinski definition) is 5. The highest BCUT2D eigenvalue weighted by atomic mass is 32.1. The van der Waals surface area contributed by atoms with Gasteiger partial charge in [0.25, 0.3) is 5.91 Å². The highest BCUT2D eigenvalue weighted by molar-refractivity contribution is 7.21. The summed E-state index contributed by atoms with van der Waals surface area (Å²) in [4.78, 5) is 21.9. The van der Waals surface area contributed by atoms with Gasteiger partial charge in [-0.2, -0.15) is 0 Å². The second-order valence-electron chi connectivity index (χ2n) is 6.49. The molecule has 1 aromatic carbocycles. The Morgan fingerprint density at radius 1 is 1.31 bits per heavy atom. The Morgan fingerprint density at radius 3 is 2.88 bits per heavy atom. The number of carbonyl (C=O) groups excluding carboxylic acids is 1. The third-order valence-electron chi connectivity index (χ3n) is 4.51. The lowest BCUT2D eigenvalue weighted by molar-refractivity contribution is 0.0946. The van der Waals surface area contributed by atoms with Crippen molar-refractivity contribution in [2.45, 2.75) is 12.5 Å². The summed E-state index contributed by atoms with van der Waals surface area (Å²) in [5.41, 5.74) is 2.28. The predicted octanol–water partition coefficient (Wildman–Crippen LogP) is 3.51. The van der Waals surface area contributed by atoms with Gasteiger partial charge in [-0.3, -0.25) is 9.20 Å². The maximum absolute atomic E-state index is 12.6. The molecule has 0 aliphatic carbocycles. The number of carbonyl (C=O) groups is 1. The molecular formula is C19H20N4OS2. The average Bonchev–Trinajstić information content (AvgIpc) is 3.31. The predicted molar refractivity (Wildman–Crippen MR) is 108 cm³/mol. The zero-order valence-corrected chi connectivity index (χ0v) is 16.3. The highest BCUT2D eigenvalue weighted by Gasteiger charge is 2.18. The lowest BCUT2D eigenvalue weighted by Gasteiger charge is -2.24. The molecule has 1 amide bonds. The molecule has 1 N–H and O–H groups in total. The van der Waals surface area contributed by atoms with E-state index in [0.29, 0.717) is 11.4 Å². The summed E-state index contributed by atoms with van der Waals surface area (Å²) in [6, 6.07) is 12.5. The van der Waals surface area contributed by atoms with Crippen LogP contribution in [0.2, 0.25) is 0 Å². The number of benzene rings is 1. The van der Waals surface area contributed by atoms with E-state index in [1.807, 2.05) is 54.3 Å². The number of hydrogen-bond donors (Lipinski definition) is 1. The monoisotopic (exact) mass is 384 g/mol. The zero-order chi connectivity index (χ0) is 18.1. The number of nitrogens with zero attached hydrogens (tertiary/aromatic N) is 3. The van der Waals surface area contributed by atoms with Gasteiger partial charge in [-0.25, -0.2) is 4.98 Å². The summed E-state index contributed by atoms with van der Waals surface area (Å²) in [6.07, 6.45) is 2.89. The van der Waals surface area contributed by atoms with Crippen molar-refractivity contribution >= 4 is 43.9 Å². The lowest BCUT2D eigenvalue weighted by Crippen LogP contribution is -2.41. The molecule has 0 fully saturated rings. The van der Waals surface area contributed by atoms with Crippen molar-refractivity contribution < 1.29 is 4.79 Å². The molecule has 0 aliphatic heterocycles. The number of thiophene rings is 1. The Hall–Kier alpha value is -2.22. The summed E-state index contributed by atoms with van der Waals surface area (Å²) in [5, 5.41) is 5.09. The van der Waals surface area contributed by atoms with Crippen molar-refractivity contribution in [1.82, 2.24) is 19.6 Å². The number of likely N-dealkylation sites (N-methyl/N-ethyl adjacent to an activating group) is 1. The van der Waals surface area contributed by atoms with Gasteiger partial charge in [-0.1, -0.05) is 30.3 Å². The molecule has 0 radical (unpaired) electrons. The molecule has 0 saturated carbocycles. The Balaban J connectivity index is 1.45. The minimum Gasteiger partial charge on any atom is -0.350 e. The van der Waals surface area contributed by atoms with E-state index in [2.05, 4.69) is 27.3 Å². The summed E-state index contributed by atoms with van der Waals surface area (Å²) < 4.78 is 2.03. The minimum atomic E-state index is -0.0307. The minimum absolute atomic E-state index is 0.0307. The zero-order valence-electron chi connectivity index (χ0n) is 14.7. The average molecular weight is 385 g/mol. The van der Waals surface area contributed by atoms with Crippen molar-refractivity contribution in [3.8, 4) is 0 Å². The van der Waals surface area contributed by atoms with Crippen LogP contribution in [0.15, 0.2) is 48.0 Å². The number of thiazole rings is 1. The van der Waals surface area contributed by atoms with E-state index in [4.69, 9.17) is 0 Å². The molecule has 134 valence electrons. The van der Waals surface area contributed by atoms with Crippen LogP contribution in [-0.2, 0) is 6.42 Å². The molecule has 5 nitrogen and oxygen atoms in total. The first-order valence-corrected chi connectivity index (χ1v) is 10.1. The molecular weight excluding hydrogens is 364 g/mol. The maximum atomic E-state index is 12.6. The fourth-order valence-electron chi connectivity index (χ4n) is 2.98. The molecule has 0 saturated heterocycles. The molecule has 3 aromatic heterocycles. The fourth-order valence-corrected chi connectivity index (χ4v) is 4.70. The van der Waals surface area contributed by atoms with Crippen LogP contribution in [0.1, 0.15) is 15.2 Å². The maximum Gasteiger partial charge on any atom is 0.261 e. The summed E-state index contributed by atoms with van der Waals surface area (Å²) >= 11 is 3.05. The summed E-state index contributed by atoms with van der Waals surface area (Å²) in [6.45, 7) is 0.608. The SMILES string of the molecule is CN(C)C(CNC(=O)c1cc2c(nc3sccn32)s1)Cc1ccccc1. The third-order valence-corrected chi connectivity index (χ3v) is 6.28. The van der Waals surface area contributed by atoms with Gasteiger partial charge in [0.05, 0.1) is 10.4 Å². The van der Waals surface area contributed by atoms with E-state index in [-0.39, 0.29) is 11.9 Å².